The Labute approximate surface area is 189 Å². The number of hydrogen-bond acceptors (Lipinski definition) is 4. The lowest BCUT2D eigenvalue weighted by Gasteiger charge is -2.23. The largest absolute Gasteiger partial charge is 0.496 e. The van der Waals surface area contributed by atoms with E-state index in [0.29, 0.717) is 0 Å². The van der Waals surface area contributed by atoms with Gasteiger partial charge in [-0.3, -0.25) is 9.39 Å². The standard InChI is InChI=1S/C21H28N6O.HI/c1-4-22-21(26(2)16-17-10-5-6-11-18(17)28-3)23-14-9-13-20-25-24-19-12-7-8-15-27(19)20;/h5-8,10-12,15H,4,9,13-14,16H2,1-3H3,(H,22,23);1H. The van der Waals surface area contributed by atoms with Gasteiger partial charge in [-0.05, 0) is 31.5 Å². The summed E-state index contributed by atoms with van der Waals surface area (Å²) >= 11 is 0. The average molecular weight is 508 g/mol. The summed E-state index contributed by atoms with van der Waals surface area (Å²) in [7, 11) is 3.74. The molecule has 8 heteroatoms. The molecule has 0 spiro atoms. The third-order valence-electron chi connectivity index (χ3n) is 4.50. The second-order valence-electron chi connectivity index (χ2n) is 6.55. The topological polar surface area (TPSA) is 67.0 Å². The monoisotopic (exact) mass is 508 g/mol. The molecule has 2 aromatic heterocycles. The van der Waals surface area contributed by atoms with Crippen molar-refractivity contribution in [1.82, 2.24) is 24.8 Å². The molecule has 29 heavy (non-hydrogen) atoms. The molecule has 7 nitrogen and oxygen atoms in total. The lowest BCUT2D eigenvalue weighted by atomic mass is 10.2. The Morgan fingerprint density at radius 1 is 1.17 bits per heavy atom. The van der Waals surface area contributed by atoms with Gasteiger partial charge in [-0.1, -0.05) is 24.3 Å². The van der Waals surface area contributed by atoms with E-state index in [1.165, 1.54) is 0 Å². The zero-order chi connectivity index (χ0) is 19.8. The third-order valence-corrected chi connectivity index (χ3v) is 4.50. The van der Waals surface area contributed by atoms with Gasteiger partial charge in [0.25, 0.3) is 0 Å². The number of nitrogens with one attached hydrogen (secondary N) is 1. The van der Waals surface area contributed by atoms with Gasteiger partial charge < -0.3 is 15.0 Å². The van der Waals surface area contributed by atoms with Gasteiger partial charge in [-0.2, -0.15) is 0 Å². The maximum absolute atomic E-state index is 5.46. The smallest absolute Gasteiger partial charge is 0.193 e. The highest BCUT2D eigenvalue weighted by Gasteiger charge is 2.10. The summed E-state index contributed by atoms with van der Waals surface area (Å²) in [5.74, 6) is 2.75. The first-order valence-electron chi connectivity index (χ1n) is 9.63. The molecule has 1 N–H and O–H groups in total. The summed E-state index contributed by atoms with van der Waals surface area (Å²) < 4.78 is 7.49. The average Bonchev–Trinajstić information content (AvgIpc) is 3.14. The number of halogens is 1. The van der Waals surface area contributed by atoms with Gasteiger partial charge >= 0.3 is 0 Å². The normalized spacial score (nSPS) is 11.2. The van der Waals surface area contributed by atoms with Gasteiger partial charge in [0.05, 0.1) is 7.11 Å². The van der Waals surface area contributed by atoms with E-state index in [2.05, 4.69) is 33.4 Å². The van der Waals surface area contributed by atoms with Crippen LogP contribution in [0.5, 0.6) is 5.75 Å². The van der Waals surface area contributed by atoms with Crippen molar-refractivity contribution < 1.29 is 4.74 Å². The summed E-state index contributed by atoms with van der Waals surface area (Å²) in [5.41, 5.74) is 2.01. The van der Waals surface area contributed by atoms with Crippen molar-refractivity contribution in [2.75, 3.05) is 27.2 Å². The fraction of sp³-hybridized carbons (Fsp3) is 0.381. The number of fused-ring (bicyclic) bond motifs is 1. The number of para-hydroxylation sites is 1. The number of rotatable bonds is 8. The van der Waals surface area contributed by atoms with E-state index in [9.17, 15) is 0 Å². The molecule has 0 saturated carbocycles. The van der Waals surface area contributed by atoms with Crippen LogP contribution < -0.4 is 10.1 Å². The second kappa shape index (κ2) is 11.6. The molecule has 0 aliphatic rings. The molecular weight excluding hydrogens is 479 g/mol. The lowest BCUT2D eigenvalue weighted by molar-refractivity contribution is 0.396. The number of benzene rings is 1. The molecular formula is C21H29IN6O. The zero-order valence-electron chi connectivity index (χ0n) is 17.2. The van der Waals surface area contributed by atoms with Crippen LogP contribution in [0.3, 0.4) is 0 Å². The fourth-order valence-electron chi connectivity index (χ4n) is 3.12. The Bertz CT molecular complexity index is 926. The number of nitrogens with zero attached hydrogens (tertiary/aromatic N) is 5. The number of guanidine groups is 1. The second-order valence-corrected chi connectivity index (χ2v) is 6.55. The van der Waals surface area contributed by atoms with Crippen LogP contribution in [0.1, 0.15) is 24.7 Å². The van der Waals surface area contributed by atoms with Gasteiger partial charge in [0, 0.05) is 44.9 Å². The molecule has 2 heterocycles. The van der Waals surface area contributed by atoms with Crippen LogP contribution in [-0.4, -0.2) is 52.7 Å². The number of aliphatic imine (C=N–C) groups is 1. The Hall–Kier alpha value is -2.36. The minimum atomic E-state index is 0. The zero-order valence-corrected chi connectivity index (χ0v) is 19.5. The van der Waals surface area contributed by atoms with Gasteiger partial charge in [-0.25, -0.2) is 0 Å². The predicted octanol–water partition coefficient (Wildman–Crippen LogP) is 3.39. The molecule has 0 fully saturated rings. The molecule has 0 radical (unpaired) electrons. The lowest BCUT2D eigenvalue weighted by Crippen LogP contribution is -2.38. The van der Waals surface area contributed by atoms with Crippen molar-refractivity contribution in [3.8, 4) is 5.75 Å². The minimum Gasteiger partial charge on any atom is -0.496 e. The van der Waals surface area contributed by atoms with Crippen molar-refractivity contribution in [2.45, 2.75) is 26.3 Å². The first-order valence-corrected chi connectivity index (χ1v) is 9.63. The molecule has 3 rings (SSSR count). The highest BCUT2D eigenvalue weighted by molar-refractivity contribution is 14.0. The van der Waals surface area contributed by atoms with Crippen LogP contribution >= 0.6 is 24.0 Å². The highest BCUT2D eigenvalue weighted by Crippen LogP contribution is 2.18. The summed E-state index contributed by atoms with van der Waals surface area (Å²) in [5, 5.41) is 11.8. The molecule has 0 unspecified atom stereocenters. The van der Waals surface area contributed by atoms with E-state index in [1.54, 1.807) is 7.11 Å². The van der Waals surface area contributed by atoms with E-state index in [0.717, 1.165) is 61.2 Å². The molecule has 0 aliphatic heterocycles. The quantitative estimate of drug-likeness (QED) is 0.219. The Kier molecular flexibility index (Phi) is 9.17. The van der Waals surface area contributed by atoms with E-state index < -0.39 is 0 Å². The van der Waals surface area contributed by atoms with Crippen molar-refractivity contribution in [3.63, 3.8) is 0 Å². The van der Waals surface area contributed by atoms with Crippen LogP contribution in [-0.2, 0) is 13.0 Å². The number of methoxy groups -OCH3 is 1. The van der Waals surface area contributed by atoms with Gasteiger partial charge in [-0.15, -0.1) is 34.2 Å². The maximum Gasteiger partial charge on any atom is 0.193 e. The Morgan fingerprint density at radius 3 is 2.76 bits per heavy atom. The van der Waals surface area contributed by atoms with Crippen molar-refractivity contribution in [1.29, 1.82) is 0 Å². The van der Waals surface area contributed by atoms with Crippen LogP contribution in [0.15, 0.2) is 53.7 Å². The SMILES string of the molecule is CCNC(=NCCCc1nnc2ccccn12)N(C)Cc1ccccc1OC.I. The van der Waals surface area contributed by atoms with Crippen LogP contribution in [0.2, 0.25) is 0 Å². The van der Waals surface area contributed by atoms with Gasteiger partial charge in [0.15, 0.2) is 11.6 Å². The van der Waals surface area contributed by atoms with Crippen LogP contribution in [0, 0.1) is 0 Å². The van der Waals surface area contributed by atoms with Crippen LogP contribution in [0.25, 0.3) is 5.65 Å². The Balaban J connectivity index is 0.00000300. The minimum absolute atomic E-state index is 0. The van der Waals surface area contributed by atoms with Crippen LogP contribution in [0.4, 0.5) is 0 Å². The third kappa shape index (κ3) is 6.06. The fourth-order valence-corrected chi connectivity index (χ4v) is 3.12. The molecule has 0 atom stereocenters. The van der Waals surface area contributed by atoms with E-state index >= 15 is 0 Å². The summed E-state index contributed by atoms with van der Waals surface area (Å²) in [6, 6.07) is 14.0. The first kappa shape index (κ1) is 22.9. The molecule has 1 aromatic carbocycles. The highest BCUT2D eigenvalue weighted by atomic mass is 127. The molecule has 156 valence electrons. The summed E-state index contributed by atoms with van der Waals surface area (Å²) in [6.07, 6.45) is 3.75. The van der Waals surface area contributed by atoms with Crippen molar-refractivity contribution in [3.05, 3.63) is 60.0 Å². The summed E-state index contributed by atoms with van der Waals surface area (Å²) in [4.78, 5) is 6.90. The van der Waals surface area contributed by atoms with Crippen molar-refractivity contribution >= 4 is 35.6 Å². The predicted molar refractivity (Wildman–Crippen MR) is 127 cm³/mol. The Morgan fingerprint density at radius 2 is 1.97 bits per heavy atom. The van der Waals surface area contributed by atoms with E-state index in [-0.39, 0.29) is 24.0 Å². The van der Waals surface area contributed by atoms with E-state index in [4.69, 9.17) is 9.73 Å². The number of ether oxygens (including phenoxy) is 1. The molecule has 0 aliphatic carbocycles. The van der Waals surface area contributed by atoms with E-state index in [1.807, 2.05) is 54.0 Å². The number of aryl methyl sites for hydroxylation is 1. The number of aromatic nitrogens is 3. The number of hydrogen-bond donors (Lipinski definition) is 1. The van der Waals surface area contributed by atoms with Gasteiger partial charge in [0.1, 0.15) is 11.6 Å². The molecule has 3 aromatic rings. The number of pyridine rings is 1. The molecule has 0 saturated heterocycles. The first-order chi connectivity index (χ1) is 13.7. The molecule has 0 bridgehead atoms. The summed E-state index contributed by atoms with van der Waals surface area (Å²) in [6.45, 7) is 4.35. The maximum atomic E-state index is 5.46. The van der Waals surface area contributed by atoms with Crippen molar-refractivity contribution in [2.24, 2.45) is 4.99 Å². The molecule has 0 amide bonds. The van der Waals surface area contributed by atoms with Gasteiger partial charge in [0.2, 0.25) is 0 Å².